The second-order valence-corrected chi connectivity index (χ2v) is 5.87. The Hall–Kier alpha value is -2.90. The number of fused-ring (bicyclic) bond motifs is 1. The van der Waals surface area contributed by atoms with Crippen molar-refractivity contribution in [1.82, 2.24) is 14.5 Å². The molecule has 3 N–H and O–H groups in total. The molecular formula is C18H21F2N5O. The fourth-order valence-electron chi connectivity index (χ4n) is 2.79. The SMILES string of the molecule is CCCCNc1nc(N)nc2ccn(Cc3ccccc3OC(F)F)c12. The Morgan fingerprint density at radius 3 is 2.81 bits per heavy atom. The van der Waals surface area contributed by atoms with E-state index in [9.17, 15) is 8.78 Å². The van der Waals surface area contributed by atoms with Gasteiger partial charge in [-0.05, 0) is 18.6 Å². The van der Waals surface area contributed by atoms with Crippen molar-refractivity contribution in [1.29, 1.82) is 0 Å². The molecule has 3 aromatic rings. The molecule has 0 atom stereocenters. The van der Waals surface area contributed by atoms with Crippen molar-refractivity contribution in [3.05, 3.63) is 42.1 Å². The van der Waals surface area contributed by atoms with Crippen LogP contribution in [0.15, 0.2) is 36.5 Å². The molecule has 138 valence electrons. The van der Waals surface area contributed by atoms with E-state index in [4.69, 9.17) is 5.73 Å². The molecule has 0 saturated carbocycles. The minimum atomic E-state index is -2.87. The average molecular weight is 361 g/mol. The fraction of sp³-hybridized carbons (Fsp3) is 0.333. The molecular weight excluding hydrogens is 340 g/mol. The molecule has 0 fully saturated rings. The lowest BCUT2D eigenvalue weighted by molar-refractivity contribution is -0.0504. The number of hydrogen-bond donors (Lipinski definition) is 2. The number of halogens is 2. The van der Waals surface area contributed by atoms with Crippen molar-refractivity contribution in [2.24, 2.45) is 0 Å². The number of nitrogens with two attached hydrogens (primary N) is 1. The number of ether oxygens (including phenoxy) is 1. The van der Waals surface area contributed by atoms with Crippen molar-refractivity contribution in [2.45, 2.75) is 32.9 Å². The summed E-state index contributed by atoms with van der Waals surface area (Å²) in [4.78, 5) is 8.55. The molecule has 2 heterocycles. The maximum atomic E-state index is 12.6. The van der Waals surface area contributed by atoms with Gasteiger partial charge in [0.15, 0.2) is 5.82 Å². The van der Waals surface area contributed by atoms with Gasteiger partial charge in [-0.15, -0.1) is 0 Å². The first kappa shape index (κ1) is 17.9. The van der Waals surface area contributed by atoms with Crippen molar-refractivity contribution < 1.29 is 13.5 Å². The Bertz CT molecular complexity index is 881. The van der Waals surface area contributed by atoms with Gasteiger partial charge in [-0.25, -0.2) is 4.98 Å². The summed E-state index contributed by atoms with van der Waals surface area (Å²) in [6.07, 6.45) is 3.89. The van der Waals surface area contributed by atoms with Crippen LogP contribution in [0, 0.1) is 0 Å². The molecule has 6 nitrogen and oxygen atoms in total. The first-order valence-electron chi connectivity index (χ1n) is 8.47. The third-order valence-electron chi connectivity index (χ3n) is 3.98. The minimum absolute atomic E-state index is 0.154. The largest absolute Gasteiger partial charge is 0.434 e. The third-order valence-corrected chi connectivity index (χ3v) is 3.98. The Morgan fingerprint density at radius 1 is 1.23 bits per heavy atom. The molecule has 2 aromatic heterocycles. The van der Waals surface area contributed by atoms with Gasteiger partial charge in [0.2, 0.25) is 5.95 Å². The van der Waals surface area contributed by atoms with E-state index in [1.807, 2.05) is 16.8 Å². The molecule has 0 bridgehead atoms. The van der Waals surface area contributed by atoms with E-state index in [1.165, 1.54) is 6.07 Å². The fourth-order valence-corrected chi connectivity index (χ4v) is 2.79. The van der Waals surface area contributed by atoms with E-state index in [0.717, 1.165) is 24.9 Å². The number of alkyl halides is 2. The molecule has 0 spiro atoms. The van der Waals surface area contributed by atoms with Crippen LogP contribution >= 0.6 is 0 Å². The van der Waals surface area contributed by atoms with Crippen LogP contribution < -0.4 is 15.8 Å². The van der Waals surface area contributed by atoms with Crippen LogP contribution in [0.25, 0.3) is 11.0 Å². The number of anilines is 2. The summed E-state index contributed by atoms with van der Waals surface area (Å²) in [5, 5.41) is 3.29. The number of nitrogens with one attached hydrogen (secondary N) is 1. The number of aromatic nitrogens is 3. The summed E-state index contributed by atoms with van der Waals surface area (Å²) in [5.74, 6) is 0.982. The lowest BCUT2D eigenvalue weighted by Gasteiger charge is -2.14. The zero-order valence-electron chi connectivity index (χ0n) is 14.5. The number of benzene rings is 1. The number of para-hydroxylation sites is 1. The maximum absolute atomic E-state index is 12.6. The van der Waals surface area contributed by atoms with E-state index < -0.39 is 6.61 Å². The van der Waals surface area contributed by atoms with Gasteiger partial charge in [0, 0.05) is 18.3 Å². The smallest absolute Gasteiger partial charge is 0.387 e. The highest BCUT2D eigenvalue weighted by Crippen LogP contribution is 2.27. The zero-order valence-corrected chi connectivity index (χ0v) is 14.5. The molecule has 3 rings (SSSR count). The lowest BCUT2D eigenvalue weighted by Crippen LogP contribution is -2.10. The van der Waals surface area contributed by atoms with E-state index in [-0.39, 0.29) is 11.7 Å². The summed E-state index contributed by atoms with van der Waals surface area (Å²) in [5.41, 5.74) is 7.91. The quantitative estimate of drug-likeness (QED) is 0.596. The van der Waals surface area contributed by atoms with Crippen LogP contribution in [0.2, 0.25) is 0 Å². The topological polar surface area (TPSA) is 78.0 Å². The zero-order chi connectivity index (χ0) is 18.5. The highest BCUT2D eigenvalue weighted by Gasteiger charge is 2.14. The molecule has 0 aliphatic heterocycles. The summed E-state index contributed by atoms with van der Waals surface area (Å²) in [6.45, 7) is 0.348. The third kappa shape index (κ3) is 4.01. The van der Waals surface area contributed by atoms with Crippen LogP contribution in [0.1, 0.15) is 25.3 Å². The van der Waals surface area contributed by atoms with Crippen LogP contribution in [-0.2, 0) is 6.54 Å². The Kier molecular flexibility index (Phi) is 5.50. The van der Waals surface area contributed by atoms with Gasteiger partial charge >= 0.3 is 6.61 Å². The minimum Gasteiger partial charge on any atom is -0.434 e. The average Bonchev–Trinajstić information content (AvgIpc) is 2.99. The Balaban J connectivity index is 1.96. The van der Waals surface area contributed by atoms with Crippen LogP contribution in [-0.4, -0.2) is 27.7 Å². The molecule has 0 saturated heterocycles. The molecule has 8 heteroatoms. The Labute approximate surface area is 150 Å². The standard InChI is InChI=1S/C18H21F2N5O/c1-2-3-9-22-16-15-13(23-18(21)24-16)8-10-25(15)11-12-6-4-5-7-14(12)26-17(19)20/h4-8,10,17H,2-3,9,11H2,1H3,(H3,21,22,23,24). The lowest BCUT2D eigenvalue weighted by atomic mass is 10.2. The number of rotatable bonds is 8. The van der Waals surface area contributed by atoms with Gasteiger partial charge in [-0.2, -0.15) is 13.8 Å². The Morgan fingerprint density at radius 2 is 2.04 bits per heavy atom. The highest BCUT2D eigenvalue weighted by molar-refractivity contribution is 5.87. The number of hydrogen-bond acceptors (Lipinski definition) is 5. The molecule has 0 unspecified atom stereocenters. The number of nitrogens with zero attached hydrogens (tertiary/aromatic N) is 3. The van der Waals surface area contributed by atoms with E-state index in [0.29, 0.717) is 23.4 Å². The van der Waals surface area contributed by atoms with Crippen LogP contribution in [0.4, 0.5) is 20.5 Å². The van der Waals surface area contributed by atoms with Crippen LogP contribution in [0.3, 0.4) is 0 Å². The number of nitrogen functional groups attached to an aromatic ring is 1. The van der Waals surface area contributed by atoms with Crippen molar-refractivity contribution in [3.8, 4) is 5.75 Å². The predicted octanol–water partition coefficient (Wildman–Crippen LogP) is 3.88. The summed E-state index contributed by atoms with van der Waals surface area (Å²) < 4.78 is 31.8. The summed E-state index contributed by atoms with van der Waals surface area (Å²) in [7, 11) is 0. The number of unbranched alkanes of at least 4 members (excludes halogenated alkanes) is 1. The van der Waals surface area contributed by atoms with E-state index in [2.05, 4.69) is 26.9 Å². The monoisotopic (exact) mass is 361 g/mol. The first-order chi connectivity index (χ1) is 12.6. The van der Waals surface area contributed by atoms with Gasteiger partial charge < -0.3 is 20.4 Å². The molecule has 0 radical (unpaired) electrons. The van der Waals surface area contributed by atoms with Gasteiger partial charge in [0.05, 0.1) is 12.1 Å². The van der Waals surface area contributed by atoms with Gasteiger partial charge in [-0.3, -0.25) is 0 Å². The van der Waals surface area contributed by atoms with E-state index in [1.54, 1.807) is 18.2 Å². The second-order valence-electron chi connectivity index (χ2n) is 5.87. The molecule has 1 aromatic carbocycles. The summed E-state index contributed by atoms with van der Waals surface area (Å²) in [6, 6.07) is 8.56. The molecule has 0 amide bonds. The maximum Gasteiger partial charge on any atom is 0.387 e. The summed E-state index contributed by atoms with van der Waals surface area (Å²) >= 11 is 0. The van der Waals surface area contributed by atoms with Gasteiger partial charge in [0.1, 0.15) is 11.3 Å². The van der Waals surface area contributed by atoms with Crippen LogP contribution in [0.5, 0.6) is 5.75 Å². The van der Waals surface area contributed by atoms with Crippen molar-refractivity contribution >= 4 is 22.8 Å². The van der Waals surface area contributed by atoms with Crippen molar-refractivity contribution in [3.63, 3.8) is 0 Å². The highest BCUT2D eigenvalue weighted by atomic mass is 19.3. The van der Waals surface area contributed by atoms with Gasteiger partial charge in [-0.1, -0.05) is 31.5 Å². The first-order valence-corrected chi connectivity index (χ1v) is 8.47. The van der Waals surface area contributed by atoms with E-state index >= 15 is 0 Å². The molecule has 26 heavy (non-hydrogen) atoms. The molecule has 0 aliphatic rings. The normalized spacial score (nSPS) is 11.2. The molecule has 0 aliphatic carbocycles. The predicted molar refractivity (Wildman–Crippen MR) is 97.5 cm³/mol. The van der Waals surface area contributed by atoms with Gasteiger partial charge in [0.25, 0.3) is 0 Å². The van der Waals surface area contributed by atoms with Crippen molar-refractivity contribution in [2.75, 3.05) is 17.6 Å². The second kappa shape index (κ2) is 7.99.